The van der Waals surface area contributed by atoms with E-state index in [1.54, 1.807) is 0 Å². The molecule has 0 N–H and O–H groups in total. The second-order valence-electron chi connectivity index (χ2n) is 1.65. The van der Waals surface area contributed by atoms with E-state index in [1.807, 2.05) is 18.2 Å². The maximum Gasteiger partial charge on any atom is 4.00 e. The monoisotopic (exact) mass is 280 g/mol. The largest absolute Gasteiger partial charge is 4.00 e. The third kappa shape index (κ3) is 13.7. The van der Waals surface area contributed by atoms with E-state index in [2.05, 4.69) is 19.1 Å². The molecule has 0 unspecified atom stereocenters. The average molecular weight is 282 g/mol. The van der Waals surface area contributed by atoms with E-state index in [-0.39, 0.29) is 71.3 Å². The minimum absolute atomic E-state index is 0. The Balaban J connectivity index is -0.0000000327. The minimum Gasteiger partial charge on any atom is -1.00 e. The Morgan fingerprint density at radius 2 is 1.08 bits per heavy atom. The predicted molar refractivity (Wildman–Crippen MR) is 31.2 cm³/mol. The molecule has 0 heterocycles. The Kier molecular flexibility index (Phi) is 43.8. The van der Waals surface area contributed by atoms with Gasteiger partial charge in [0.1, 0.15) is 0 Å². The van der Waals surface area contributed by atoms with Gasteiger partial charge in [0.05, 0.1) is 0 Å². The van der Waals surface area contributed by atoms with Crippen molar-refractivity contribution in [1.82, 2.24) is 0 Å². The molecule has 0 saturated carbocycles. The Morgan fingerprint density at radius 3 is 1.25 bits per heavy atom. The van der Waals surface area contributed by atoms with E-state index < -0.39 is 0 Å². The van der Waals surface area contributed by atoms with Crippen LogP contribution in [0.25, 0.3) is 0 Å². The van der Waals surface area contributed by atoms with Crippen molar-refractivity contribution in [2.75, 3.05) is 0 Å². The van der Waals surface area contributed by atoms with Crippen molar-refractivity contribution in [3.63, 3.8) is 0 Å². The van der Waals surface area contributed by atoms with Crippen LogP contribution in [0.15, 0.2) is 30.3 Å². The fraction of sp³-hybridized carbons (Fsp3) is 0.143. The molecule has 0 aliphatic heterocycles. The number of benzene rings is 1. The van der Waals surface area contributed by atoms with E-state index in [9.17, 15) is 0 Å². The van der Waals surface area contributed by atoms with Crippen LogP contribution in [-0.4, -0.2) is 0 Å². The molecule has 0 fully saturated rings. The molecule has 1 aromatic carbocycles. The summed E-state index contributed by atoms with van der Waals surface area (Å²) in [6.45, 7) is 2.08. The summed E-state index contributed by atoms with van der Waals surface area (Å²) in [5.74, 6) is 0. The molecule has 0 spiro atoms. The van der Waals surface area contributed by atoms with Gasteiger partial charge in [-0.2, -0.15) is 0 Å². The Hall–Kier alpha value is 1.09. The molecular weight excluding hydrogens is 274 g/mol. The first-order valence-corrected chi connectivity index (χ1v) is 2.41. The topological polar surface area (TPSA) is 0 Å². The Morgan fingerprint density at radius 1 is 0.750 bits per heavy atom. The number of halogens is 4. The van der Waals surface area contributed by atoms with Gasteiger partial charge in [-0.1, -0.05) is 35.9 Å². The summed E-state index contributed by atoms with van der Waals surface area (Å²) in [4.78, 5) is 0. The van der Waals surface area contributed by atoms with Crippen molar-refractivity contribution >= 4 is 0 Å². The minimum atomic E-state index is 0. The Bertz CT molecular complexity index is 145. The summed E-state index contributed by atoms with van der Waals surface area (Å²) >= 11 is 0. The van der Waals surface area contributed by atoms with Crippen LogP contribution in [0.2, 0.25) is 0 Å². The quantitative estimate of drug-likeness (QED) is 0.415. The molecule has 1 aromatic rings. The van der Waals surface area contributed by atoms with Gasteiger partial charge in [0.2, 0.25) is 0 Å². The number of rotatable bonds is 0. The van der Waals surface area contributed by atoms with Crippen LogP contribution >= 0.6 is 0 Å². The molecule has 12 heavy (non-hydrogen) atoms. The zero-order valence-corrected chi connectivity index (χ0v) is 11.0. The van der Waals surface area contributed by atoms with Crippen molar-refractivity contribution in [2.24, 2.45) is 0 Å². The van der Waals surface area contributed by atoms with Crippen LogP contribution in [0.4, 0.5) is 0 Å². The Labute approximate surface area is 113 Å². The SMILES string of the molecule is Cc1ccccc1.[Cl-].[Cl-].[Cl-].[Cl-].[Ti+4]. The molecule has 0 aromatic heterocycles. The summed E-state index contributed by atoms with van der Waals surface area (Å²) in [5.41, 5.74) is 1.32. The van der Waals surface area contributed by atoms with Crippen LogP contribution in [0.3, 0.4) is 0 Å². The van der Waals surface area contributed by atoms with Crippen LogP contribution in [0, 0.1) is 6.92 Å². The molecule has 0 amide bonds. The van der Waals surface area contributed by atoms with Crippen molar-refractivity contribution in [3.05, 3.63) is 35.9 Å². The maximum absolute atomic E-state index is 2.08. The van der Waals surface area contributed by atoms with Crippen LogP contribution in [0.1, 0.15) is 5.56 Å². The van der Waals surface area contributed by atoms with E-state index in [1.165, 1.54) is 5.56 Å². The van der Waals surface area contributed by atoms with Gasteiger partial charge in [0.15, 0.2) is 0 Å². The summed E-state index contributed by atoms with van der Waals surface area (Å²) in [5, 5.41) is 0. The normalized spacial score (nSPS) is 5.08. The van der Waals surface area contributed by atoms with Gasteiger partial charge < -0.3 is 49.6 Å². The van der Waals surface area contributed by atoms with Crippen molar-refractivity contribution in [1.29, 1.82) is 0 Å². The van der Waals surface area contributed by atoms with Gasteiger partial charge in [-0.15, -0.1) is 0 Å². The number of hydrogen-bond donors (Lipinski definition) is 0. The van der Waals surface area contributed by atoms with E-state index in [4.69, 9.17) is 0 Å². The summed E-state index contributed by atoms with van der Waals surface area (Å²) in [6.07, 6.45) is 0. The van der Waals surface area contributed by atoms with Gasteiger partial charge in [-0.25, -0.2) is 0 Å². The third-order valence-electron chi connectivity index (χ3n) is 0.940. The summed E-state index contributed by atoms with van der Waals surface area (Å²) in [7, 11) is 0. The second kappa shape index (κ2) is 18.0. The smallest absolute Gasteiger partial charge is 1.00 e. The van der Waals surface area contributed by atoms with Crippen molar-refractivity contribution < 1.29 is 71.3 Å². The molecule has 0 aliphatic rings. The van der Waals surface area contributed by atoms with Gasteiger partial charge in [-0.05, 0) is 6.92 Å². The van der Waals surface area contributed by atoms with Crippen molar-refractivity contribution in [2.45, 2.75) is 6.92 Å². The second-order valence-corrected chi connectivity index (χ2v) is 1.65. The van der Waals surface area contributed by atoms with Gasteiger partial charge >= 0.3 is 21.7 Å². The van der Waals surface area contributed by atoms with Crippen molar-refractivity contribution in [3.8, 4) is 0 Å². The first-order valence-electron chi connectivity index (χ1n) is 2.41. The first kappa shape index (κ1) is 29.2. The van der Waals surface area contributed by atoms with E-state index in [0.29, 0.717) is 0 Å². The van der Waals surface area contributed by atoms with Crippen LogP contribution in [0.5, 0.6) is 0 Å². The zero-order chi connectivity index (χ0) is 5.11. The molecule has 0 atom stereocenters. The first-order chi connectivity index (χ1) is 3.39. The molecule has 0 nitrogen and oxygen atoms in total. The van der Waals surface area contributed by atoms with E-state index >= 15 is 0 Å². The molecular formula is C7H8Cl4Ti. The maximum atomic E-state index is 2.08. The van der Waals surface area contributed by atoms with Crippen LogP contribution in [-0.2, 0) is 21.7 Å². The molecule has 0 bridgehead atoms. The van der Waals surface area contributed by atoms with Gasteiger partial charge in [-0.3, -0.25) is 0 Å². The predicted octanol–water partition coefficient (Wildman–Crippen LogP) is -9.99. The fourth-order valence-electron chi connectivity index (χ4n) is 0.534. The average Bonchev–Trinajstić information content (AvgIpc) is 1.69. The van der Waals surface area contributed by atoms with Crippen LogP contribution < -0.4 is 49.6 Å². The number of hydrogen-bond acceptors (Lipinski definition) is 0. The van der Waals surface area contributed by atoms with Gasteiger partial charge in [0.25, 0.3) is 0 Å². The van der Waals surface area contributed by atoms with E-state index in [0.717, 1.165) is 0 Å². The molecule has 5 heteroatoms. The third-order valence-corrected chi connectivity index (χ3v) is 0.940. The molecule has 0 radical (unpaired) electrons. The molecule has 0 aliphatic carbocycles. The molecule has 68 valence electrons. The van der Waals surface area contributed by atoms with Gasteiger partial charge in [0, 0.05) is 0 Å². The summed E-state index contributed by atoms with van der Waals surface area (Å²) in [6, 6.07) is 10.3. The fourth-order valence-corrected chi connectivity index (χ4v) is 0.534. The zero-order valence-electron chi connectivity index (χ0n) is 6.40. The number of aryl methyl sites for hydroxylation is 1. The standard InChI is InChI=1S/C7H8.4ClH.Ti/c1-7-5-3-2-4-6-7;;;;;/h2-6H,1H3;4*1H;/q;;;;;+4/p-4. The molecule has 0 saturated heterocycles. The molecule has 1 rings (SSSR count). The summed E-state index contributed by atoms with van der Waals surface area (Å²) < 4.78 is 0.